The molecule has 1 aromatic heterocycles. The van der Waals surface area contributed by atoms with E-state index in [1.54, 1.807) is 13.2 Å². The highest BCUT2D eigenvalue weighted by atomic mass is 16.4. The highest BCUT2D eigenvalue weighted by Gasteiger charge is 2.28. The molecule has 0 aliphatic heterocycles. The topological polar surface area (TPSA) is 53.7 Å². The number of nitrogens with zero attached hydrogens (tertiary/aromatic N) is 1. The number of aliphatic carboxylic acids is 1. The van der Waals surface area contributed by atoms with Crippen molar-refractivity contribution in [1.82, 2.24) is 4.90 Å². The van der Waals surface area contributed by atoms with Crippen molar-refractivity contribution >= 4 is 5.97 Å². The van der Waals surface area contributed by atoms with Gasteiger partial charge >= 0.3 is 5.97 Å². The van der Waals surface area contributed by atoms with Crippen LogP contribution in [0.2, 0.25) is 0 Å². The molecule has 1 aliphatic carbocycles. The van der Waals surface area contributed by atoms with E-state index in [-0.39, 0.29) is 5.92 Å². The van der Waals surface area contributed by atoms with E-state index in [9.17, 15) is 4.79 Å². The van der Waals surface area contributed by atoms with Crippen molar-refractivity contribution in [2.24, 2.45) is 5.92 Å². The van der Waals surface area contributed by atoms with Crippen LogP contribution in [0.1, 0.15) is 44.1 Å². The van der Waals surface area contributed by atoms with Gasteiger partial charge in [-0.05, 0) is 25.5 Å². The smallest absolute Gasteiger partial charge is 0.307 e. The Hall–Kier alpha value is -1.29. The molecule has 0 spiro atoms. The molecule has 4 nitrogen and oxygen atoms in total. The quantitative estimate of drug-likeness (QED) is 0.874. The van der Waals surface area contributed by atoms with E-state index in [0.29, 0.717) is 12.6 Å². The second-order valence-electron chi connectivity index (χ2n) is 5.03. The molecule has 0 fully saturated rings. The summed E-state index contributed by atoms with van der Waals surface area (Å²) in [5.41, 5.74) is 1.25. The first-order valence-electron chi connectivity index (χ1n) is 6.66. The van der Waals surface area contributed by atoms with Crippen LogP contribution in [-0.4, -0.2) is 29.1 Å². The summed E-state index contributed by atoms with van der Waals surface area (Å²) in [5, 5.41) is 9.03. The zero-order valence-electron chi connectivity index (χ0n) is 11.1. The molecule has 0 bridgehead atoms. The van der Waals surface area contributed by atoms with Crippen LogP contribution in [0.3, 0.4) is 0 Å². The number of rotatable bonds is 5. The Balaban J connectivity index is 2.12. The van der Waals surface area contributed by atoms with Gasteiger partial charge in [-0.2, -0.15) is 0 Å². The number of fused-ring (bicyclic) bond motifs is 1. The lowest BCUT2D eigenvalue weighted by Gasteiger charge is -2.34. The van der Waals surface area contributed by atoms with Crippen LogP contribution in [0.15, 0.2) is 16.7 Å². The average molecular weight is 251 g/mol. The van der Waals surface area contributed by atoms with Gasteiger partial charge in [0.1, 0.15) is 5.76 Å². The zero-order chi connectivity index (χ0) is 13.1. The molecular formula is C14H21NO3. The summed E-state index contributed by atoms with van der Waals surface area (Å²) in [6, 6.07) is 2.35. The Kier molecular flexibility index (Phi) is 4.07. The third-order valence-electron chi connectivity index (χ3n) is 3.80. The van der Waals surface area contributed by atoms with E-state index >= 15 is 0 Å². The predicted octanol–water partition coefficient (Wildman–Crippen LogP) is 2.70. The average Bonchev–Trinajstić information content (AvgIpc) is 2.83. The number of furan rings is 1. The van der Waals surface area contributed by atoms with Crippen molar-refractivity contribution in [2.45, 2.75) is 39.2 Å². The first-order chi connectivity index (χ1) is 8.63. The zero-order valence-corrected chi connectivity index (χ0v) is 11.1. The third-order valence-corrected chi connectivity index (χ3v) is 3.80. The van der Waals surface area contributed by atoms with E-state index in [0.717, 1.165) is 31.6 Å². The van der Waals surface area contributed by atoms with Crippen LogP contribution in [0.5, 0.6) is 0 Å². The molecule has 1 aromatic rings. The summed E-state index contributed by atoms with van der Waals surface area (Å²) in [5.74, 6) is 0.0200. The van der Waals surface area contributed by atoms with E-state index in [1.165, 1.54) is 5.56 Å². The van der Waals surface area contributed by atoms with Crippen molar-refractivity contribution in [3.8, 4) is 0 Å². The van der Waals surface area contributed by atoms with Crippen LogP contribution >= 0.6 is 0 Å². The SMILES string of the molecule is CCN(CC(C)C(=O)O)C1CCCc2occc21. The standard InChI is InChI=1S/C14H21NO3/c1-3-15(9-10(2)14(16)17)12-5-4-6-13-11(12)7-8-18-13/h7-8,10,12H,3-6,9H2,1-2H3,(H,16,17). The van der Waals surface area contributed by atoms with Crippen LogP contribution in [0.25, 0.3) is 0 Å². The number of hydrogen-bond acceptors (Lipinski definition) is 3. The molecule has 100 valence electrons. The van der Waals surface area contributed by atoms with Gasteiger partial charge in [-0.15, -0.1) is 0 Å². The maximum Gasteiger partial charge on any atom is 0.307 e. The van der Waals surface area contributed by atoms with Crippen LogP contribution < -0.4 is 0 Å². The number of carbonyl (C=O) groups is 1. The molecule has 1 N–H and O–H groups in total. The van der Waals surface area contributed by atoms with E-state index < -0.39 is 5.97 Å². The van der Waals surface area contributed by atoms with Gasteiger partial charge in [0.05, 0.1) is 12.2 Å². The Morgan fingerprint density at radius 3 is 3.11 bits per heavy atom. The Labute approximate surface area is 108 Å². The molecule has 0 aromatic carbocycles. The Morgan fingerprint density at radius 1 is 1.67 bits per heavy atom. The van der Waals surface area contributed by atoms with Crippen LogP contribution in [0, 0.1) is 5.92 Å². The van der Waals surface area contributed by atoms with Gasteiger partial charge in [0, 0.05) is 24.6 Å². The van der Waals surface area contributed by atoms with E-state index in [1.807, 2.05) is 6.07 Å². The summed E-state index contributed by atoms with van der Waals surface area (Å²) in [6.07, 6.45) is 4.96. The van der Waals surface area contributed by atoms with E-state index in [2.05, 4.69) is 11.8 Å². The lowest BCUT2D eigenvalue weighted by Crippen LogP contribution is -2.36. The monoisotopic (exact) mass is 251 g/mol. The van der Waals surface area contributed by atoms with Gasteiger partial charge in [-0.1, -0.05) is 13.8 Å². The maximum absolute atomic E-state index is 11.0. The fourth-order valence-corrected chi connectivity index (χ4v) is 2.75. The largest absolute Gasteiger partial charge is 0.481 e. The van der Waals surface area contributed by atoms with Gasteiger partial charge in [0.25, 0.3) is 0 Å². The summed E-state index contributed by atoms with van der Waals surface area (Å²) >= 11 is 0. The molecular weight excluding hydrogens is 230 g/mol. The maximum atomic E-state index is 11.0. The van der Waals surface area contributed by atoms with E-state index in [4.69, 9.17) is 9.52 Å². The lowest BCUT2D eigenvalue weighted by atomic mass is 9.91. The summed E-state index contributed by atoms with van der Waals surface area (Å²) < 4.78 is 5.49. The second-order valence-corrected chi connectivity index (χ2v) is 5.03. The number of carboxylic acid groups (broad SMARTS) is 1. The molecule has 1 heterocycles. The molecule has 1 aliphatic rings. The minimum Gasteiger partial charge on any atom is -0.481 e. The summed E-state index contributed by atoms with van der Waals surface area (Å²) in [4.78, 5) is 13.2. The molecule has 2 unspecified atom stereocenters. The Morgan fingerprint density at radius 2 is 2.44 bits per heavy atom. The summed E-state index contributed by atoms with van der Waals surface area (Å²) in [7, 11) is 0. The van der Waals surface area contributed by atoms with Crippen molar-refractivity contribution in [1.29, 1.82) is 0 Å². The van der Waals surface area contributed by atoms with Crippen molar-refractivity contribution in [3.05, 3.63) is 23.7 Å². The first kappa shape index (κ1) is 13.1. The second kappa shape index (κ2) is 5.57. The highest BCUT2D eigenvalue weighted by Crippen LogP contribution is 2.35. The van der Waals surface area contributed by atoms with Crippen molar-refractivity contribution in [3.63, 3.8) is 0 Å². The van der Waals surface area contributed by atoms with Crippen LogP contribution in [0.4, 0.5) is 0 Å². The normalized spacial score (nSPS) is 20.7. The minimum atomic E-state index is -0.725. The van der Waals surface area contributed by atoms with Crippen LogP contribution in [-0.2, 0) is 11.2 Å². The molecule has 0 saturated heterocycles. The Bertz CT molecular complexity index is 413. The highest BCUT2D eigenvalue weighted by molar-refractivity contribution is 5.69. The minimum absolute atomic E-state index is 0.319. The van der Waals surface area contributed by atoms with Gasteiger partial charge in [0.2, 0.25) is 0 Å². The number of carboxylic acids is 1. The fourth-order valence-electron chi connectivity index (χ4n) is 2.75. The predicted molar refractivity (Wildman–Crippen MR) is 68.4 cm³/mol. The molecule has 2 rings (SSSR count). The lowest BCUT2D eigenvalue weighted by molar-refractivity contribution is -0.142. The molecule has 18 heavy (non-hydrogen) atoms. The van der Waals surface area contributed by atoms with Crippen molar-refractivity contribution < 1.29 is 14.3 Å². The number of aryl methyl sites for hydroxylation is 1. The third kappa shape index (κ3) is 2.58. The van der Waals surface area contributed by atoms with Gasteiger partial charge in [0.15, 0.2) is 0 Å². The van der Waals surface area contributed by atoms with Gasteiger partial charge in [-0.3, -0.25) is 9.69 Å². The molecule has 0 radical (unpaired) electrons. The molecule has 0 amide bonds. The first-order valence-corrected chi connectivity index (χ1v) is 6.66. The number of hydrogen-bond donors (Lipinski definition) is 1. The molecule has 4 heteroatoms. The molecule has 0 saturated carbocycles. The molecule has 2 atom stereocenters. The summed E-state index contributed by atoms with van der Waals surface area (Å²) in [6.45, 7) is 5.32. The van der Waals surface area contributed by atoms with Crippen molar-refractivity contribution in [2.75, 3.05) is 13.1 Å². The fraction of sp³-hybridized carbons (Fsp3) is 0.643. The van der Waals surface area contributed by atoms with Gasteiger partial charge < -0.3 is 9.52 Å². The van der Waals surface area contributed by atoms with Gasteiger partial charge in [-0.25, -0.2) is 0 Å².